The van der Waals surface area contributed by atoms with Crippen molar-refractivity contribution in [3.05, 3.63) is 46.7 Å². The second kappa shape index (κ2) is 10.8. The smallest absolute Gasteiger partial charge is 0.338 e. The first-order valence-electron chi connectivity index (χ1n) is 10.0. The zero-order valence-corrected chi connectivity index (χ0v) is 19.2. The van der Waals surface area contributed by atoms with Crippen molar-refractivity contribution in [1.82, 2.24) is 15.1 Å². The van der Waals surface area contributed by atoms with Crippen LogP contribution in [0.2, 0.25) is 0 Å². The molecule has 0 radical (unpaired) electrons. The van der Waals surface area contributed by atoms with Gasteiger partial charge in [-0.3, -0.25) is 4.79 Å². The first kappa shape index (κ1) is 23.3. The molecule has 0 atom stereocenters. The molecule has 0 aliphatic heterocycles. The SMILES string of the molecule is CCCN(Cc1nnc(-c2cccs2)o1)C(=O)COC(=O)c1cc(OC)c(C)c(OC)c1. The number of carbonyl (C=O) groups excluding carboxylic acids is 2. The molecule has 1 amide bonds. The van der Waals surface area contributed by atoms with Crippen molar-refractivity contribution in [2.75, 3.05) is 27.4 Å². The molecule has 1 aromatic carbocycles. The van der Waals surface area contributed by atoms with E-state index in [-0.39, 0.29) is 18.0 Å². The van der Waals surface area contributed by atoms with Crippen LogP contribution in [0.5, 0.6) is 11.5 Å². The normalized spacial score (nSPS) is 10.6. The lowest BCUT2D eigenvalue weighted by atomic mass is 10.1. The fourth-order valence-corrected chi connectivity index (χ4v) is 3.69. The van der Waals surface area contributed by atoms with Crippen molar-refractivity contribution in [3.63, 3.8) is 0 Å². The summed E-state index contributed by atoms with van der Waals surface area (Å²) in [7, 11) is 3.01. The Morgan fingerprint density at radius 3 is 2.47 bits per heavy atom. The van der Waals surface area contributed by atoms with Gasteiger partial charge in [-0.15, -0.1) is 21.5 Å². The molecule has 0 saturated carbocycles. The standard InChI is InChI=1S/C22H25N3O6S/c1-5-8-25(12-19-23-24-21(31-19)18-7-6-9-32-18)20(26)13-30-22(27)15-10-16(28-3)14(2)17(11-15)29-4/h6-7,9-11H,5,8,12-13H2,1-4H3. The van der Waals surface area contributed by atoms with Crippen molar-refractivity contribution < 1.29 is 28.2 Å². The third-order valence-electron chi connectivity index (χ3n) is 4.69. The van der Waals surface area contributed by atoms with Crippen LogP contribution >= 0.6 is 11.3 Å². The second-order valence-electron chi connectivity index (χ2n) is 6.88. The largest absolute Gasteiger partial charge is 0.496 e. The first-order valence-corrected chi connectivity index (χ1v) is 10.9. The number of methoxy groups -OCH3 is 2. The molecule has 0 unspecified atom stereocenters. The Morgan fingerprint density at radius 2 is 1.88 bits per heavy atom. The number of hydrogen-bond donors (Lipinski definition) is 0. The van der Waals surface area contributed by atoms with Crippen LogP contribution < -0.4 is 9.47 Å². The van der Waals surface area contributed by atoms with Crippen LogP contribution in [0.15, 0.2) is 34.1 Å². The lowest BCUT2D eigenvalue weighted by Gasteiger charge is -2.20. The van der Waals surface area contributed by atoms with E-state index in [0.29, 0.717) is 29.8 Å². The lowest BCUT2D eigenvalue weighted by Crippen LogP contribution is -2.35. The van der Waals surface area contributed by atoms with Gasteiger partial charge in [0.15, 0.2) is 6.61 Å². The van der Waals surface area contributed by atoms with E-state index >= 15 is 0 Å². The molecule has 3 rings (SSSR count). The zero-order chi connectivity index (χ0) is 23.1. The van der Waals surface area contributed by atoms with Crippen molar-refractivity contribution in [2.24, 2.45) is 0 Å². The number of carbonyl (C=O) groups is 2. The Morgan fingerprint density at radius 1 is 1.16 bits per heavy atom. The van der Waals surface area contributed by atoms with Crippen LogP contribution in [-0.2, 0) is 16.1 Å². The minimum Gasteiger partial charge on any atom is -0.496 e. The monoisotopic (exact) mass is 459 g/mol. The van der Waals surface area contributed by atoms with Gasteiger partial charge in [-0.2, -0.15) is 0 Å². The van der Waals surface area contributed by atoms with Crippen LogP contribution in [0, 0.1) is 6.92 Å². The molecule has 0 bridgehead atoms. The van der Waals surface area contributed by atoms with Gasteiger partial charge in [-0.05, 0) is 36.9 Å². The molecule has 32 heavy (non-hydrogen) atoms. The predicted molar refractivity (Wildman–Crippen MR) is 118 cm³/mol. The number of rotatable bonds is 10. The van der Waals surface area contributed by atoms with Crippen LogP contribution in [0.3, 0.4) is 0 Å². The predicted octanol–water partition coefficient (Wildman–Crippen LogP) is 3.72. The van der Waals surface area contributed by atoms with Gasteiger partial charge in [0.1, 0.15) is 11.5 Å². The van der Waals surface area contributed by atoms with Crippen LogP contribution in [0.1, 0.15) is 35.2 Å². The van der Waals surface area contributed by atoms with Crippen LogP contribution in [0.4, 0.5) is 0 Å². The van der Waals surface area contributed by atoms with Gasteiger partial charge in [-0.25, -0.2) is 4.79 Å². The zero-order valence-electron chi connectivity index (χ0n) is 18.4. The number of benzene rings is 1. The highest BCUT2D eigenvalue weighted by Gasteiger charge is 2.21. The molecule has 0 saturated heterocycles. The highest BCUT2D eigenvalue weighted by atomic mass is 32.1. The lowest BCUT2D eigenvalue weighted by molar-refractivity contribution is -0.135. The second-order valence-corrected chi connectivity index (χ2v) is 7.82. The van der Waals surface area contributed by atoms with Gasteiger partial charge in [-0.1, -0.05) is 13.0 Å². The maximum absolute atomic E-state index is 12.7. The molecule has 10 heteroatoms. The fraction of sp³-hybridized carbons (Fsp3) is 0.364. The van der Waals surface area contributed by atoms with Gasteiger partial charge < -0.3 is 23.5 Å². The minimum absolute atomic E-state index is 0.134. The van der Waals surface area contributed by atoms with Crippen LogP contribution in [-0.4, -0.2) is 54.3 Å². The quantitative estimate of drug-likeness (QED) is 0.423. The maximum Gasteiger partial charge on any atom is 0.338 e. The number of esters is 1. The van der Waals surface area contributed by atoms with E-state index in [4.69, 9.17) is 18.6 Å². The number of ether oxygens (including phenoxy) is 3. The van der Waals surface area contributed by atoms with E-state index in [1.54, 1.807) is 12.1 Å². The molecule has 0 N–H and O–H groups in total. The summed E-state index contributed by atoms with van der Waals surface area (Å²) >= 11 is 1.49. The molecule has 0 fully saturated rings. The van der Waals surface area contributed by atoms with Crippen molar-refractivity contribution in [3.8, 4) is 22.3 Å². The van der Waals surface area contributed by atoms with Gasteiger partial charge >= 0.3 is 5.97 Å². The molecule has 0 spiro atoms. The minimum atomic E-state index is -0.649. The van der Waals surface area contributed by atoms with E-state index in [0.717, 1.165) is 16.9 Å². The van der Waals surface area contributed by atoms with Crippen molar-refractivity contribution >= 4 is 23.2 Å². The van der Waals surface area contributed by atoms with E-state index in [2.05, 4.69) is 10.2 Å². The number of thiophene rings is 1. The van der Waals surface area contributed by atoms with E-state index < -0.39 is 12.6 Å². The summed E-state index contributed by atoms with van der Waals surface area (Å²) in [5.41, 5.74) is 0.995. The summed E-state index contributed by atoms with van der Waals surface area (Å²) in [4.78, 5) is 27.6. The Hall–Kier alpha value is -3.40. The Labute approximate surface area is 189 Å². The molecule has 2 aromatic heterocycles. The third kappa shape index (κ3) is 5.44. The maximum atomic E-state index is 12.7. The number of aromatic nitrogens is 2. The summed E-state index contributed by atoms with van der Waals surface area (Å²) < 4.78 is 21.5. The first-order chi connectivity index (χ1) is 15.5. The summed E-state index contributed by atoms with van der Waals surface area (Å²) in [6.45, 7) is 3.94. The molecule has 2 heterocycles. The topological polar surface area (TPSA) is 104 Å². The Kier molecular flexibility index (Phi) is 7.82. The van der Waals surface area contributed by atoms with E-state index in [1.165, 1.54) is 30.5 Å². The molecule has 170 valence electrons. The Balaban J connectivity index is 1.64. The molecular weight excluding hydrogens is 434 g/mol. The molecular formula is C22H25N3O6S. The molecule has 0 aliphatic rings. The van der Waals surface area contributed by atoms with Gasteiger partial charge in [0.25, 0.3) is 11.8 Å². The summed E-state index contributed by atoms with van der Waals surface area (Å²) in [6, 6.07) is 6.88. The highest BCUT2D eigenvalue weighted by Crippen LogP contribution is 2.29. The van der Waals surface area contributed by atoms with Gasteiger partial charge in [0.2, 0.25) is 5.89 Å². The van der Waals surface area contributed by atoms with Crippen LogP contribution in [0.25, 0.3) is 10.8 Å². The van der Waals surface area contributed by atoms with Crippen molar-refractivity contribution in [1.29, 1.82) is 0 Å². The van der Waals surface area contributed by atoms with Gasteiger partial charge in [0, 0.05) is 12.1 Å². The molecule has 0 aliphatic carbocycles. The van der Waals surface area contributed by atoms with E-state index in [9.17, 15) is 9.59 Å². The average Bonchev–Trinajstić information content (AvgIpc) is 3.49. The highest BCUT2D eigenvalue weighted by molar-refractivity contribution is 7.13. The number of hydrogen-bond acceptors (Lipinski definition) is 9. The number of nitrogens with zero attached hydrogens (tertiary/aromatic N) is 3. The molecule has 3 aromatic rings. The summed E-state index contributed by atoms with van der Waals surface area (Å²) in [5, 5.41) is 9.97. The molecule has 9 nitrogen and oxygen atoms in total. The number of amides is 1. The fourth-order valence-electron chi connectivity index (χ4n) is 3.05. The van der Waals surface area contributed by atoms with Crippen molar-refractivity contribution in [2.45, 2.75) is 26.8 Å². The van der Waals surface area contributed by atoms with Gasteiger partial charge in [0.05, 0.1) is 31.2 Å². The van der Waals surface area contributed by atoms with E-state index in [1.807, 2.05) is 31.4 Å². The third-order valence-corrected chi connectivity index (χ3v) is 5.54. The average molecular weight is 460 g/mol. The summed E-state index contributed by atoms with van der Waals surface area (Å²) in [5.74, 6) is 0.703. The Bertz CT molecular complexity index is 1040. The summed E-state index contributed by atoms with van der Waals surface area (Å²) in [6.07, 6.45) is 0.720.